The third-order valence-electron chi connectivity index (χ3n) is 6.13. The first-order chi connectivity index (χ1) is 14.2. The number of sulfonamides is 1. The number of rotatable bonds is 7. The number of hydrogen-bond acceptors (Lipinski definition) is 4. The van der Waals surface area contributed by atoms with Crippen LogP contribution in [0.1, 0.15) is 49.4 Å². The van der Waals surface area contributed by atoms with Crippen molar-refractivity contribution in [1.82, 2.24) is 9.62 Å². The number of benzene rings is 1. The zero-order valence-corrected chi connectivity index (χ0v) is 19.3. The van der Waals surface area contributed by atoms with Crippen molar-refractivity contribution >= 4 is 39.1 Å². The monoisotopic (exact) mass is 480 g/mol. The van der Waals surface area contributed by atoms with Gasteiger partial charge in [-0.3, -0.25) is 4.79 Å². The fourth-order valence-corrected chi connectivity index (χ4v) is 5.79. The highest BCUT2D eigenvalue weighted by Crippen LogP contribution is 2.39. The maximum absolute atomic E-state index is 14.0. The second kappa shape index (κ2) is 9.69. The molecule has 0 radical (unpaired) electrons. The Balaban J connectivity index is 1.72. The predicted molar refractivity (Wildman–Crippen MR) is 115 cm³/mol. The molecule has 0 aromatic heterocycles. The summed E-state index contributed by atoms with van der Waals surface area (Å²) in [6, 6.07) is 2.69. The van der Waals surface area contributed by atoms with E-state index in [4.69, 9.17) is 27.9 Å². The van der Waals surface area contributed by atoms with Crippen LogP contribution >= 0.6 is 23.2 Å². The number of piperidine rings is 1. The molecule has 3 rings (SSSR count). The Hall–Kier alpha value is -0.930. The van der Waals surface area contributed by atoms with Crippen molar-refractivity contribution in [2.45, 2.75) is 45.1 Å². The highest BCUT2D eigenvalue weighted by Gasteiger charge is 2.40. The molecule has 1 aromatic rings. The molecule has 1 unspecified atom stereocenters. The molecule has 2 fully saturated rings. The molecule has 2 aliphatic heterocycles. The lowest BCUT2D eigenvalue weighted by molar-refractivity contribution is 0.0361. The molecule has 0 saturated carbocycles. The summed E-state index contributed by atoms with van der Waals surface area (Å²) >= 11 is 11.7. The van der Waals surface area contributed by atoms with Crippen molar-refractivity contribution in [1.29, 1.82) is 0 Å². The second-order valence-corrected chi connectivity index (χ2v) is 11.1. The first-order valence-corrected chi connectivity index (χ1v) is 12.5. The summed E-state index contributed by atoms with van der Waals surface area (Å²) in [5.41, 5.74) is -0.265. The SMILES string of the molecule is CCS(=O)(=O)N1CCC(CNC(=O)c2ccc(Cl)c(F)c2Cl)(CC2CCCO2)CC1. The third kappa shape index (κ3) is 5.27. The Labute approximate surface area is 187 Å². The lowest BCUT2D eigenvalue weighted by Gasteiger charge is -2.42. The fourth-order valence-electron chi connectivity index (χ4n) is 4.23. The summed E-state index contributed by atoms with van der Waals surface area (Å²) in [6.07, 6.45) is 4.05. The fraction of sp³-hybridized carbons (Fsp3) is 0.650. The minimum Gasteiger partial charge on any atom is -0.378 e. The van der Waals surface area contributed by atoms with Gasteiger partial charge >= 0.3 is 0 Å². The Morgan fingerprint density at radius 2 is 2.03 bits per heavy atom. The first-order valence-electron chi connectivity index (χ1n) is 10.2. The van der Waals surface area contributed by atoms with Gasteiger partial charge in [0.05, 0.1) is 27.5 Å². The molecule has 6 nitrogen and oxygen atoms in total. The number of carbonyl (C=O) groups is 1. The number of nitrogens with zero attached hydrogens (tertiary/aromatic N) is 1. The van der Waals surface area contributed by atoms with Crippen LogP contribution in [0.15, 0.2) is 12.1 Å². The number of hydrogen-bond donors (Lipinski definition) is 1. The Bertz CT molecular complexity index is 883. The van der Waals surface area contributed by atoms with Crippen molar-refractivity contribution in [3.8, 4) is 0 Å². The van der Waals surface area contributed by atoms with Crippen LogP contribution in [-0.2, 0) is 14.8 Å². The van der Waals surface area contributed by atoms with Crippen LogP contribution in [0.2, 0.25) is 10.0 Å². The normalized spacial score (nSPS) is 22.2. The van der Waals surface area contributed by atoms with Gasteiger partial charge in [-0.05, 0) is 56.6 Å². The van der Waals surface area contributed by atoms with E-state index in [1.807, 2.05) is 0 Å². The molecular weight excluding hydrogens is 454 g/mol. The summed E-state index contributed by atoms with van der Waals surface area (Å²) < 4.78 is 45.7. The average molecular weight is 481 g/mol. The maximum atomic E-state index is 14.0. The largest absolute Gasteiger partial charge is 0.378 e. The van der Waals surface area contributed by atoms with E-state index < -0.39 is 21.7 Å². The number of amides is 1. The smallest absolute Gasteiger partial charge is 0.252 e. The average Bonchev–Trinajstić information content (AvgIpc) is 3.23. The highest BCUT2D eigenvalue weighted by atomic mass is 35.5. The van der Waals surface area contributed by atoms with Gasteiger partial charge in [0.2, 0.25) is 10.0 Å². The zero-order chi connectivity index (χ0) is 21.9. The standard InChI is InChI=1S/C20H27Cl2FN2O4S/c1-2-30(27,28)25-9-7-20(8-10-25,12-14-4-3-11-29-14)13-24-19(26)15-5-6-16(21)18(23)17(15)22/h5-6,14H,2-4,7-13H2,1H3,(H,24,26). The van der Waals surface area contributed by atoms with Crippen LogP contribution in [0.4, 0.5) is 4.39 Å². The quantitative estimate of drug-likeness (QED) is 0.601. The second-order valence-electron chi connectivity index (χ2n) is 8.04. The Morgan fingerprint density at radius 3 is 2.63 bits per heavy atom. The molecule has 0 aliphatic carbocycles. The first kappa shape index (κ1) is 23.7. The Kier molecular flexibility index (Phi) is 7.66. The zero-order valence-electron chi connectivity index (χ0n) is 16.9. The molecule has 0 spiro atoms. The van der Waals surface area contributed by atoms with E-state index in [-0.39, 0.29) is 32.9 Å². The molecule has 2 saturated heterocycles. The van der Waals surface area contributed by atoms with E-state index in [9.17, 15) is 17.6 Å². The van der Waals surface area contributed by atoms with Crippen molar-refractivity contribution in [2.75, 3.05) is 32.0 Å². The Morgan fingerprint density at radius 1 is 1.33 bits per heavy atom. The van der Waals surface area contributed by atoms with E-state index in [0.29, 0.717) is 32.5 Å². The molecule has 1 atom stereocenters. The molecule has 1 N–H and O–H groups in total. The summed E-state index contributed by atoms with van der Waals surface area (Å²) in [7, 11) is -3.24. The lowest BCUT2D eigenvalue weighted by Crippen LogP contribution is -2.49. The van der Waals surface area contributed by atoms with Crippen molar-refractivity contribution < 1.29 is 22.3 Å². The minimum atomic E-state index is -3.24. The molecule has 30 heavy (non-hydrogen) atoms. The van der Waals surface area contributed by atoms with Gasteiger partial charge in [-0.25, -0.2) is 17.1 Å². The van der Waals surface area contributed by atoms with E-state index in [1.165, 1.54) is 16.4 Å². The molecule has 1 aromatic carbocycles. The van der Waals surface area contributed by atoms with E-state index in [0.717, 1.165) is 25.9 Å². The van der Waals surface area contributed by atoms with Crippen molar-refractivity contribution in [3.05, 3.63) is 33.6 Å². The van der Waals surface area contributed by atoms with Gasteiger partial charge in [0.1, 0.15) is 0 Å². The summed E-state index contributed by atoms with van der Waals surface area (Å²) in [4.78, 5) is 12.7. The summed E-state index contributed by atoms with van der Waals surface area (Å²) in [5.74, 6) is -1.23. The van der Waals surface area contributed by atoms with Crippen LogP contribution in [0.25, 0.3) is 0 Å². The number of carbonyl (C=O) groups excluding carboxylic acids is 1. The molecule has 10 heteroatoms. The lowest BCUT2D eigenvalue weighted by atomic mass is 9.74. The topological polar surface area (TPSA) is 75.7 Å². The van der Waals surface area contributed by atoms with Crippen LogP contribution < -0.4 is 5.32 Å². The van der Waals surface area contributed by atoms with Gasteiger partial charge in [0.15, 0.2) is 5.82 Å². The van der Waals surface area contributed by atoms with Gasteiger partial charge < -0.3 is 10.1 Å². The molecule has 2 heterocycles. The molecule has 2 aliphatic rings. The third-order valence-corrected chi connectivity index (χ3v) is 8.67. The maximum Gasteiger partial charge on any atom is 0.252 e. The molecule has 0 bridgehead atoms. The summed E-state index contributed by atoms with van der Waals surface area (Å²) in [6.45, 7) is 3.53. The molecule has 1 amide bonds. The number of nitrogens with one attached hydrogen (secondary N) is 1. The van der Waals surface area contributed by atoms with Crippen LogP contribution in [0.5, 0.6) is 0 Å². The van der Waals surface area contributed by atoms with E-state index in [1.54, 1.807) is 6.92 Å². The molecular formula is C20H27Cl2FN2O4S. The molecule has 168 valence electrons. The van der Waals surface area contributed by atoms with Gasteiger partial charge in [0.25, 0.3) is 5.91 Å². The number of ether oxygens (including phenoxy) is 1. The van der Waals surface area contributed by atoms with Gasteiger partial charge in [-0.1, -0.05) is 23.2 Å². The van der Waals surface area contributed by atoms with Crippen LogP contribution in [-0.4, -0.2) is 56.7 Å². The van der Waals surface area contributed by atoms with E-state index in [2.05, 4.69) is 5.32 Å². The highest BCUT2D eigenvalue weighted by molar-refractivity contribution is 7.89. The number of halogens is 3. The minimum absolute atomic E-state index is 0.0248. The summed E-state index contributed by atoms with van der Waals surface area (Å²) in [5, 5.41) is 2.43. The predicted octanol–water partition coefficient (Wildman–Crippen LogP) is 3.86. The van der Waals surface area contributed by atoms with Gasteiger partial charge in [0, 0.05) is 26.2 Å². The van der Waals surface area contributed by atoms with Gasteiger partial charge in [-0.2, -0.15) is 0 Å². The van der Waals surface area contributed by atoms with Crippen molar-refractivity contribution in [2.24, 2.45) is 5.41 Å². The van der Waals surface area contributed by atoms with Gasteiger partial charge in [-0.15, -0.1) is 0 Å². The van der Waals surface area contributed by atoms with Crippen molar-refractivity contribution in [3.63, 3.8) is 0 Å². The van der Waals surface area contributed by atoms with E-state index >= 15 is 0 Å². The van der Waals surface area contributed by atoms with Crippen LogP contribution in [0, 0.1) is 11.2 Å². The van der Waals surface area contributed by atoms with Crippen LogP contribution in [0.3, 0.4) is 0 Å².